The molecule has 1 unspecified atom stereocenters. The summed E-state index contributed by atoms with van der Waals surface area (Å²) < 4.78 is 0. The highest BCUT2D eigenvalue weighted by Crippen LogP contribution is 2.42. The van der Waals surface area contributed by atoms with Crippen molar-refractivity contribution >= 4 is 23.3 Å². The predicted octanol–water partition coefficient (Wildman–Crippen LogP) is 3.66. The van der Waals surface area contributed by atoms with Gasteiger partial charge in [-0.25, -0.2) is 4.98 Å². The van der Waals surface area contributed by atoms with E-state index in [1.807, 2.05) is 24.4 Å². The summed E-state index contributed by atoms with van der Waals surface area (Å²) in [5.41, 5.74) is 3.45. The largest absolute Gasteiger partial charge is 0.337 e. The molecular formula is C16H17N3. The van der Waals surface area contributed by atoms with Crippen molar-refractivity contribution in [3.63, 3.8) is 0 Å². The summed E-state index contributed by atoms with van der Waals surface area (Å²) in [5, 5.41) is 0. The van der Waals surface area contributed by atoms with Crippen molar-refractivity contribution in [3.8, 4) is 0 Å². The second-order valence-corrected chi connectivity index (χ2v) is 4.72. The van der Waals surface area contributed by atoms with Crippen LogP contribution in [0.4, 0.5) is 17.2 Å². The number of pyridine rings is 1. The van der Waals surface area contributed by atoms with Crippen LogP contribution in [0.1, 0.15) is 12.5 Å². The molecule has 1 aromatic heterocycles. The van der Waals surface area contributed by atoms with E-state index in [-0.39, 0.29) is 6.17 Å². The molecule has 0 bridgehead atoms. The van der Waals surface area contributed by atoms with Crippen molar-refractivity contribution in [1.29, 1.82) is 0 Å². The summed E-state index contributed by atoms with van der Waals surface area (Å²) in [6, 6.07) is 12.4. The van der Waals surface area contributed by atoms with E-state index >= 15 is 0 Å². The molecule has 0 spiro atoms. The second kappa shape index (κ2) is 4.43. The quantitative estimate of drug-likeness (QED) is 0.812. The Morgan fingerprint density at radius 3 is 2.68 bits per heavy atom. The average molecular weight is 251 g/mol. The molecule has 2 heterocycles. The maximum absolute atomic E-state index is 4.48. The molecule has 3 rings (SSSR count). The number of nitrogens with zero attached hydrogens (tertiary/aromatic N) is 3. The standard InChI is InChI=1S/C16H17N3/c1-4-13-8-5-6-9-14(13)19-12(2)18(3)16-15(19)10-7-11-17-16/h4-12H,1H2,2-3H3. The Morgan fingerprint density at radius 2 is 1.89 bits per heavy atom. The van der Waals surface area contributed by atoms with Crippen LogP contribution in [0, 0.1) is 0 Å². The second-order valence-electron chi connectivity index (χ2n) is 4.72. The molecule has 0 saturated heterocycles. The van der Waals surface area contributed by atoms with Gasteiger partial charge in [0.1, 0.15) is 6.17 Å². The zero-order valence-corrected chi connectivity index (χ0v) is 11.2. The summed E-state index contributed by atoms with van der Waals surface area (Å²) >= 11 is 0. The van der Waals surface area contributed by atoms with Crippen LogP contribution < -0.4 is 9.80 Å². The molecule has 0 radical (unpaired) electrons. The van der Waals surface area contributed by atoms with E-state index in [0.717, 1.165) is 17.1 Å². The van der Waals surface area contributed by atoms with Gasteiger partial charge in [0.05, 0.1) is 11.4 Å². The van der Waals surface area contributed by atoms with Crippen molar-refractivity contribution in [2.45, 2.75) is 13.1 Å². The fraction of sp³-hybridized carbons (Fsp3) is 0.188. The molecule has 0 N–H and O–H groups in total. The number of hydrogen-bond acceptors (Lipinski definition) is 3. The van der Waals surface area contributed by atoms with Gasteiger partial charge in [-0.3, -0.25) is 0 Å². The van der Waals surface area contributed by atoms with Crippen LogP contribution in [-0.4, -0.2) is 18.2 Å². The lowest BCUT2D eigenvalue weighted by Gasteiger charge is -2.28. The van der Waals surface area contributed by atoms with Gasteiger partial charge in [0.25, 0.3) is 0 Å². The monoisotopic (exact) mass is 251 g/mol. The van der Waals surface area contributed by atoms with Crippen molar-refractivity contribution in [1.82, 2.24) is 4.98 Å². The summed E-state index contributed by atoms with van der Waals surface area (Å²) in [6.07, 6.45) is 3.98. The smallest absolute Gasteiger partial charge is 0.153 e. The number of benzene rings is 1. The third-order valence-corrected chi connectivity index (χ3v) is 3.71. The van der Waals surface area contributed by atoms with Gasteiger partial charge in [0.15, 0.2) is 5.82 Å². The number of anilines is 3. The van der Waals surface area contributed by atoms with Crippen molar-refractivity contribution < 1.29 is 0 Å². The minimum atomic E-state index is 0.242. The van der Waals surface area contributed by atoms with Crippen molar-refractivity contribution in [2.24, 2.45) is 0 Å². The van der Waals surface area contributed by atoms with E-state index in [1.165, 1.54) is 5.69 Å². The normalized spacial score (nSPS) is 17.5. The van der Waals surface area contributed by atoms with Gasteiger partial charge >= 0.3 is 0 Å². The first kappa shape index (κ1) is 11.8. The number of hydrogen-bond donors (Lipinski definition) is 0. The number of para-hydroxylation sites is 1. The summed E-state index contributed by atoms with van der Waals surface area (Å²) in [7, 11) is 2.08. The van der Waals surface area contributed by atoms with Crippen LogP contribution in [0.2, 0.25) is 0 Å². The van der Waals surface area contributed by atoms with Gasteiger partial charge < -0.3 is 9.80 Å². The average Bonchev–Trinajstić information content (AvgIpc) is 2.71. The van der Waals surface area contributed by atoms with E-state index in [9.17, 15) is 0 Å². The molecular weight excluding hydrogens is 234 g/mol. The molecule has 3 nitrogen and oxygen atoms in total. The van der Waals surface area contributed by atoms with Crippen LogP contribution in [0.15, 0.2) is 49.2 Å². The van der Waals surface area contributed by atoms with Crippen LogP contribution in [0.3, 0.4) is 0 Å². The Hall–Kier alpha value is -2.29. The molecule has 1 aliphatic heterocycles. The molecule has 96 valence electrons. The summed E-state index contributed by atoms with van der Waals surface area (Å²) in [6.45, 7) is 6.09. The lowest BCUT2D eigenvalue weighted by molar-refractivity contribution is 0.729. The van der Waals surface area contributed by atoms with E-state index in [4.69, 9.17) is 0 Å². The van der Waals surface area contributed by atoms with Crippen LogP contribution in [-0.2, 0) is 0 Å². The van der Waals surface area contributed by atoms with Crippen LogP contribution in [0.25, 0.3) is 6.08 Å². The summed E-state index contributed by atoms with van der Waals surface area (Å²) in [4.78, 5) is 8.97. The first-order valence-electron chi connectivity index (χ1n) is 6.42. The first-order chi connectivity index (χ1) is 9.24. The highest BCUT2D eigenvalue weighted by Gasteiger charge is 2.32. The lowest BCUT2D eigenvalue weighted by Crippen LogP contribution is -2.36. The number of fused-ring (bicyclic) bond motifs is 1. The molecule has 0 fully saturated rings. The first-order valence-corrected chi connectivity index (χ1v) is 6.42. The van der Waals surface area contributed by atoms with Gasteiger partial charge in [0, 0.05) is 13.2 Å². The third-order valence-electron chi connectivity index (χ3n) is 3.71. The molecule has 2 aromatic rings. The Balaban J connectivity index is 2.18. The maximum atomic E-state index is 4.48. The fourth-order valence-electron chi connectivity index (χ4n) is 2.61. The van der Waals surface area contributed by atoms with Gasteiger partial charge in [-0.2, -0.15) is 0 Å². The molecule has 3 heteroatoms. The van der Waals surface area contributed by atoms with E-state index < -0.39 is 0 Å². The molecule has 0 aliphatic carbocycles. The molecule has 1 atom stereocenters. The Kier molecular flexibility index (Phi) is 2.75. The number of rotatable bonds is 2. The highest BCUT2D eigenvalue weighted by atomic mass is 15.4. The molecule has 1 aliphatic rings. The molecule has 0 amide bonds. The Labute approximate surface area is 113 Å². The van der Waals surface area contributed by atoms with Crippen LogP contribution >= 0.6 is 0 Å². The van der Waals surface area contributed by atoms with Crippen molar-refractivity contribution in [2.75, 3.05) is 16.8 Å². The zero-order chi connectivity index (χ0) is 13.4. The van der Waals surface area contributed by atoms with E-state index in [1.54, 1.807) is 0 Å². The number of aromatic nitrogens is 1. The highest BCUT2D eigenvalue weighted by molar-refractivity contribution is 5.84. The Bertz CT molecular complexity index is 621. The summed E-state index contributed by atoms with van der Waals surface area (Å²) in [5.74, 6) is 1.02. The lowest BCUT2D eigenvalue weighted by atomic mass is 10.1. The maximum Gasteiger partial charge on any atom is 0.153 e. The topological polar surface area (TPSA) is 19.4 Å². The molecule has 1 aromatic carbocycles. The van der Waals surface area contributed by atoms with E-state index in [0.29, 0.717) is 0 Å². The van der Waals surface area contributed by atoms with Crippen molar-refractivity contribution in [3.05, 3.63) is 54.7 Å². The van der Waals surface area contributed by atoms with Gasteiger partial charge in [-0.05, 0) is 30.7 Å². The predicted molar refractivity (Wildman–Crippen MR) is 80.8 cm³/mol. The SMILES string of the molecule is C=Cc1ccccc1N1c2cccnc2N(C)C1C. The van der Waals surface area contributed by atoms with E-state index in [2.05, 4.69) is 59.6 Å². The molecule has 19 heavy (non-hydrogen) atoms. The minimum Gasteiger partial charge on any atom is -0.337 e. The minimum absolute atomic E-state index is 0.242. The van der Waals surface area contributed by atoms with Gasteiger partial charge in [-0.1, -0.05) is 30.9 Å². The van der Waals surface area contributed by atoms with Gasteiger partial charge in [0.2, 0.25) is 0 Å². The third kappa shape index (κ3) is 1.70. The van der Waals surface area contributed by atoms with Gasteiger partial charge in [-0.15, -0.1) is 0 Å². The Morgan fingerprint density at radius 1 is 1.16 bits per heavy atom. The van der Waals surface area contributed by atoms with Crippen LogP contribution in [0.5, 0.6) is 0 Å². The molecule has 0 saturated carbocycles. The fourth-order valence-corrected chi connectivity index (χ4v) is 2.61. The zero-order valence-electron chi connectivity index (χ0n) is 11.2.